The van der Waals surface area contributed by atoms with Crippen LogP contribution in [0.4, 0.5) is 11.4 Å². The van der Waals surface area contributed by atoms with Gasteiger partial charge in [-0.3, -0.25) is 9.69 Å². The van der Waals surface area contributed by atoms with Gasteiger partial charge in [-0.25, -0.2) is 4.99 Å². The normalized spacial score (nSPS) is 17.1. The predicted octanol–water partition coefficient (Wildman–Crippen LogP) is 7.06. The first-order chi connectivity index (χ1) is 15.0. The number of benzene rings is 3. The molecule has 0 N–H and O–H groups in total. The van der Waals surface area contributed by atoms with E-state index in [9.17, 15) is 4.79 Å². The van der Waals surface area contributed by atoms with Crippen LogP contribution in [-0.4, -0.2) is 11.1 Å². The number of thioether (sulfide) groups is 1. The fourth-order valence-corrected chi connectivity index (χ4v) is 4.31. The third-order valence-electron chi connectivity index (χ3n) is 4.91. The monoisotopic (exact) mass is 424 g/mol. The molecule has 1 amide bonds. The lowest BCUT2D eigenvalue weighted by Crippen LogP contribution is -2.28. The van der Waals surface area contributed by atoms with E-state index in [1.807, 2.05) is 93.6 Å². The molecule has 3 aromatic carbocycles. The second-order valence-corrected chi connectivity index (χ2v) is 8.62. The fourth-order valence-electron chi connectivity index (χ4n) is 3.26. The molecule has 3 aromatic rings. The summed E-state index contributed by atoms with van der Waals surface area (Å²) in [5, 5.41) is 0.663. The van der Waals surface area contributed by atoms with Crippen molar-refractivity contribution in [3.63, 3.8) is 0 Å². The number of nitrogens with zero attached hydrogens (tertiary/aromatic N) is 2. The highest BCUT2D eigenvalue weighted by molar-refractivity contribution is 8.19. The summed E-state index contributed by atoms with van der Waals surface area (Å²) in [7, 11) is 0. The van der Waals surface area contributed by atoms with Gasteiger partial charge in [0.1, 0.15) is 0 Å². The third-order valence-corrected chi connectivity index (χ3v) is 5.88. The van der Waals surface area contributed by atoms with E-state index in [1.54, 1.807) is 4.90 Å². The van der Waals surface area contributed by atoms with E-state index in [1.165, 1.54) is 17.3 Å². The summed E-state index contributed by atoms with van der Waals surface area (Å²) in [6.45, 7) is 6.10. The smallest absolute Gasteiger partial charge is 0.268 e. The molecule has 0 bridgehead atoms. The molecule has 0 unspecified atom stereocenters. The maximum Gasteiger partial charge on any atom is 0.271 e. The van der Waals surface area contributed by atoms with Crippen molar-refractivity contribution >= 4 is 40.3 Å². The Morgan fingerprint density at radius 3 is 2.13 bits per heavy atom. The Bertz CT molecular complexity index is 1170. The summed E-state index contributed by atoms with van der Waals surface area (Å²) >= 11 is 1.41. The summed E-state index contributed by atoms with van der Waals surface area (Å²) in [5.41, 5.74) is 6.10. The highest BCUT2D eigenvalue weighted by Gasteiger charge is 2.34. The Morgan fingerprint density at radius 2 is 1.48 bits per heavy atom. The molecule has 154 valence electrons. The van der Waals surface area contributed by atoms with Crippen molar-refractivity contribution in [1.82, 2.24) is 0 Å². The SMILES string of the molecule is CC(=C/c1ccccc1)/C=C1\SC(=Nc2ccc(C)cc2)N(c2ccc(C)cc2)C1=O. The van der Waals surface area contributed by atoms with Gasteiger partial charge in [-0.2, -0.15) is 0 Å². The second kappa shape index (κ2) is 9.19. The quantitative estimate of drug-likeness (QED) is 0.420. The van der Waals surface area contributed by atoms with Crippen LogP contribution in [0.5, 0.6) is 0 Å². The molecule has 1 fully saturated rings. The Labute approximate surface area is 187 Å². The molecule has 31 heavy (non-hydrogen) atoms. The number of amides is 1. The van der Waals surface area contributed by atoms with E-state index in [2.05, 4.69) is 18.2 Å². The highest BCUT2D eigenvalue weighted by atomic mass is 32.2. The van der Waals surface area contributed by atoms with E-state index >= 15 is 0 Å². The van der Waals surface area contributed by atoms with Crippen molar-refractivity contribution < 1.29 is 4.79 Å². The predicted molar refractivity (Wildman–Crippen MR) is 133 cm³/mol. The largest absolute Gasteiger partial charge is 0.271 e. The molecule has 0 aromatic heterocycles. The van der Waals surface area contributed by atoms with Crippen LogP contribution >= 0.6 is 11.8 Å². The first-order valence-corrected chi connectivity index (χ1v) is 11.0. The molecule has 4 rings (SSSR count). The number of rotatable bonds is 4. The van der Waals surface area contributed by atoms with Gasteiger partial charge in [0.25, 0.3) is 5.91 Å². The van der Waals surface area contributed by atoms with E-state index in [0.717, 1.165) is 28.1 Å². The summed E-state index contributed by atoms with van der Waals surface area (Å²) in [6.07, 6.45) is 4.02. The molecule has 0 atom stereocenters. The number of aryl methyl sites for hydroxylation is 2. The van der Waals surface area contributed by atoms with Gasteiger partial charge in [-0.05, 0) is 74.0 Å². The van der Waals surface area contributed by atoms with Gasteiger partial charge in [0, 0.05) is 0 Å². The molecule has 1 heterocycles. The van der Waals surface area contributed by atoms with Crippen LogP contribution in [0.3, 0.4) is 0 Å². The molecule has 4 heteroatoms. The summed E-state index contributed by atoms with van der Waals surface area (Å²) in [5.74, 6) is -0.0551. The minimum Gasteiger partial charge on any atom is -0.268 e. The zero-order chi connectivity index (χ0) is 21.8. The number of amidine groups is 1. The van der Waals surface area contributed by atoms with Gasteiger partial charge in [0.05, 0.1) is 16.3 Å². The van der Waals surface area contributed by atoms with E-state index in [4.69, 9.17) is 4.99 Å². The maximum atomic E-state index is 13.4. The van der Waals surface area contributed by atoms with E-state index < -0.39 is 0 Å². The Kier molecular flexibility index (Phi) is 6.19. The molecule has 1 aliphatic heterocycles. The van der Waals surface area contributed by atoms with Gasteiger partial charge >= 0.3 is 0 Å². The van der Waals surface area contributed by atoms with Gasteiger partial charge in [-0.1, -0.05) is 71.8 Å². The molecule has 3 nitrogen and oxygen atoms in total. The zero-order valence-corrected chi connectivity index (χ0v) is 18.7. The molecular weight excluding hydrogens is 400 g/mol. The molecule has 0 spiro atoms. The first kappa shape index (κ1) is 20.9. The maximum absolute atomic E-state index is 13.4. The van der Waals surface area contributed by atoms with Crippen LogP contribution in [0.15, 0.2) is 100 Å². The summed E-state index contributed by atoms with van der Waals surface area (Å²) in [4.78, 5) is 20.5. The highest BCUT2D eigenvalue weighted by Crippen LogP contribution is 2.37. The van der Waals surface area contributed by atoms with Crippen LogP contribution < -0.4 is 4.90 Å². The number of carbonyl (C=O) groups excluding carboxylic acids is 1. The number of aliphatic imine (C=N–C) groups is 1. The molecule has 0 aliphatic carbocycles. The van der Waals surface area contributed by atoms with Gasteiger partial charge in [0.2, 0.25) is 0 Å². The Hall–Kier alpha value is -3.37. The molecule has 1 saturated heterocycles. The number of hydrogen-bond donors (Lipinski definition) is 0. The van der Waals surface area contributed by atoms with Crippen LogP contribution in [0.2, 0.25) is 0 Å². The van der Waals surface area contributed by atoms with Crippen molar-refractivity contribution in [3.8, 4) is 0 Å². The molecular formula is C27H24N2OS. The summed E-state index contributed by atoms with van der Waals surface area (Å²) in [6, 6.07) is 26.1. The lowest BCUT2D eigenvalue weighted by Gasteiger charge is -2.16. The van der Waals surface area contributed by atoms with Crippen molar-refractivity contribution in [2.45, 2.75) is 20.8 Å². The lowest BCUT2D eigenvalue weighted by molar-refractivity contribution is -0.113. The number of allylic oxidation sites excluding steroid dienone is 2. The van der Waals surface area contributed by atoms with Crippen molar-refractivity contribution in [2.24, 2.45) is 4.99 Å². The van der Waals surface area contributed by atoms with Gasteiger partial charge in [0.15, 0.2) is 5.17 Å². The molecule has 0 saturated carbocycles. The van der Waals surface area contributed by atoms with Crippen molar-refractivity contribution in [2.75, 3.05) is 4.90 Å². The standard InChI is InChI=1S/C27H24N2OS/c1-19-9-13-23(14-10-19)28-27-29(24-15-11-20(2)12-16-24)26(30)25(31-27)18-21(3)17-22-7-5-4-6-8-22/h4-18H,1-3H3/b21-17-,25-18-,28-27?. The average molecular weight is 425 g/mol. The number of hydrogen-bond acceptors (Lipinski definition) is 3. The van der Waals surface area contributed by atoms with Crippen LogP contribution in [0, 0.1) is 13.8 Å². The number of anilines is 1. The summed E-state index contributed by atoms with van der Waals surface area (Å²) < 4.78 is 0. The third kappa shape index (κ3) is 5.04. The first-order valence-electron chi connectivity index (χ1n) is 10.2. The van der Waals surface area contributed by atoms with E-state index in [-0.39, 0.29) is 5.91 Å². The van der Waals surface area contributed by atoms with E-state index in [0.29, 0.717) is 10.1 Å². The zero-order valence-electron chi connectivity index (χ0n) is 17.9. The fraction of sp³-hybridized carbons (Fsp3) is 0.111. The Balaban J connectivity index is 1.72. The minimum atomic E-state index is -0.0551. The lowest BCUT2D eigenvalue weighted by atomic mass is 10.1. The van der Waals surface area contributed by atoms with Crippen LogP contribution in [-0.2, 0) is 4.79 Å². The van der Waals surface area contributed by atoms with Crippen LogP contribution in [0.25, 0.3) is 6.08 Å². The van der Waals surface area contributed by atoms with Gasteiger partial charge in [-0.15, -0.1) is 0 Å². The van der Waals surface area contributed by atoms with Crippen LogP contribution in [0.1, 0.15) is 23.6 Å². The minimum absolute atomic E-state index is 0.0551. The number of carbonyl (C=O) groups is 1. The van der Waals surface area contributed by atoms with Crippen molar-refractivity contribution in [3.05, 3.63) is 112 Å². The topological polar surface area (TPSA) is 32.7 Å². The molecule has 1 aliphatic rings. The Morgan fingerprint density at radius 1 is 0.871 bits per heavy atom. The second-order valence-electron chi connectivity index (χ2n) is 7.62. The average Bonchev–Trinajstić information content (AvgIpc) is 3.05. The molecule has 0 radical (unpaired) electrons. The van der Waals surface area contributed by atoms with Gasteiger partial charge < -0.3 is 0 Å². The van der Waals surface area contributed by atoms with Crippen molar-refractivity contribution in [1.29, 1.82) is 0 Å².